The van der Waals surface area contributed by atoms with Gasteiger partial charge < -0.3 is 19.9 Å². The number of aryl methyl sites for hydroxylation is 2. The summed E-state index contributed by atoms with van der Waals surface area (Å²) < 4.78 is 14.5. The molecule has 0 bridgehead atoms. The molecule has 0 amide bonds. The van der Waals surface area contributed by atoms with E-state index in [9.17, 15) is 4.79 Å². The van der Waals surface area contributed by atoms with Gasteiger partial charge in [0.05, 0.1) is 12.9 Å². The minimum atomic E-state index is 0.0395. The first-order chi connectivity index (χ1) is 16.5. The molecule has 0 fully saturated rings. The number of thioether (sulfide) groups is 1. The van der Waals surface area contributed by atoms with E-state index in [2.05, 4.69) is 32.3 Å². The fourth-order valence-electron chi connectivity index (χ4n) is 3.66. The molecular weight excluding hydrogens is 470 g/mol. The number of carbonyl (C=O) groups is 1. The highest BCUT2D eigenvalue weighted by Gasteiger charge is 2.18. The Balaban J connectivity index is 1.35. The maximum absolute atomic E-state index is 13.0. The lowest BCUT2D eigenvalue weighted by molar-refractivity contribution is 0.102. The summed E-state index contributed by atoms with van der Waals surface area (Å²) in [6.07, 6.45) is 0.952. The molecule has 10 heteroatoms. The summed E-state index contributed by atoms with van der Waals surface area (Å²) in [7, 11) is 1.60. The Kier molecular flexibility index (Phi) is 7.59. The van der Waals surface area contributed by atoms with Gasteiger partial charge in [-0.15, -0.1) is 21.5 Å². The van der Waals surface area contributed by atoms with Crippen LogP contribution >= 0.6 is 23.1 Å². The van der Waals surface area contributed by atoms with Gasteiger partial charge in [0.2, 0.25) is 5.16 Å². The van der Waals surface area contributed by atoms with Crippen molar-refractivity contribution in [1.82, 2.24) is 19.4 Å². The lowest BCUT2D eigenvalue weighted by Crippen LogP contribution is -2.16. The molecule has 0 spiro atoms. The third-order valence-electron chi connectivity index (χ3n) is 5.51. The number of thiophene rings is 1. The average molecular weight is 498 g/mol. The quantitative estimate of drug-likeness (QED) is 0.188. The number of methoxy groups -OCH3 is 1. The molecule has 3 heterocycles. The molecule has 0 radical (unpaired) electrons. The largest absolute Gasteiger partial charge is 0.497 e. The number of hydrogen-bond acceptors (Lipinski definition) is 8. The monoisotopic (exact) mass is 497 g/mol. The number of nitrogens with zero attached hydrogens (tertiary/aromatic N) is 4. The van der Waals surface area contributed by atoms with Gasteiger partial charge in [0, 0.05) is 34.4 Å². The second-order valence-electron chi connectivity index (χ2n) is 7.71. The normalized spacial score (nSPS) is 11.0. The summed E-state index contributed by atoms with van der Waals surface area (Å²) in [6.45, 7) is 5.04. The standard InChI is InChI=1S/C24H27N5O3S2/c1-16-12-21(17(2)28(16)10-9-20-8-5-11-33-20)22(30)15-34-24-27-26-23(29(24)25)14-32-19-7-4-6-18(13-19)31-3/h4-8,11-13H,9-10,14-15,25H2,1-3H3. The fraction of sp³-hybridized carbons (Fsp3) is 0.292. The molecule has 34 heavy (non-hydrogen) atoms. The van der Waals surface area contributed by atoms with Crippen LogP contribution in [-0.4, -0.2) is 38.1 Å². The predicted octanol–water partition coefficient (Wildman–Crippen LogP) is 4.28. The van der Waals surface area contributed by atoms with E-state index in [4.69, 9.17) is 15.3 Å². The highest BCUT2D eigenvalue weighted by Crippen LogP contribution is 2.23. The molecule has 0 aliphatic heterocycles. The Labute approximate surface area is 206 Å². The third-order valence-corrected chi connectivity index (χ3v) is 7.39. The maximum atomic E-state index is 13.0. The second-order valence-corrected chi connectivity index (χ2v) is 9.69. The van der Waals surface area contributed by atoms with E-state index < -0.39 is 0 Å². The topological polar surface area (TPSA) is 97.2 Å². The van der Waals surface area contributed by atoms with Crippen LogP contribution in [0.5, 0.6) is 11.5 Å². The molecule has 4 aromatic rings. The smallest absolute Gasteiger partial charge is 0.210 e. The summed E-state index contributed by atoms with van der Waals surface area (Å²) in [5.41, 5.74) is 2.81. The molecule has 0 aliphatic carbocycles. The summed E-state index contributed by atoms with van der Waals surface area (Å²) in [5, 5.41) is 10.8. The molecular formula is C24H27N5O3S2. The van der Waals surface area contributed by atoms with Crippen LogP contribution in [0.15, 0.2) is 53.0 Å². The number of nitrogens with two attached hydrogens (primary N) is 1. The van der Waals surface area contributed by atoms with Crippen LogP contribution in [0.3, 0.4) is 0 Å². The van der Waals surface area contributed by atoms with Gasteiger partial charge in [-0.2, -0.15) is 0 Å². The highest BCUT2D eigenvalue weighted by molar-refractivity contribution is 7.99. The van der Waals surface area contributed by atoms with E-state index >= 15 is 0 Å². The number of nitrogen functional groups attached to an aromatic ring is 1. The maximum Gasteiger partial charge on any atom is 0.210 e. The van der Waals surface area contributed by atoms with Crippen molar-refractivity contribution in [3.63, 3.8) is 0 Å². The number of carbonyl (C=O) groups excluding carboxylic acids is 1. The number of ketones is 1. The van der Waals surface area contributed by atoms with Crippen LogP contribution in [0.25, 0.3) is 0 Å². The van der Waals surface area contributed by atoms with Gasteiger partial charge in [0.1, 0.15) is 18.1 Å². The predicted molar refractivity (Wildman–Crippen MR) is 134 cm³/mol. The van der Waals surface area contributed by atoms with Crippen molar-refractivity contribution in [2.24, 2.45) is 0 Å². The van der Waals surface area contributed by atoms with Gasteiger partial charge in [0.25, 0.3) is 0 Å². The van der Waals surface area contributed by atoms with Crippen molar-refractivity contribution in [2.45, 2.75) is 38.6 Å². The Morgan fingerprint density at radius 3 is 2.74 bits per heavy atom. The number of Topliss-reactive ketones (excluding diaryl/α,β-unsaturated/α-hetero) is 1. The van der Waals surface area contributed by atoms with E-state index in [1.807, 2.05) is 38.1 Å². The fourth-order valence-corrected chi connectivity index (χ4v) is 5.11. The van der Waals surface area contributed by atoms with Crippen molar-refractivity contribution >= 4 is 28.9 Å². The number of aromatic nitrogens is 4. The molecule has 0 aliphatic rings. The van der Waals surface area contributed by atoms with Gasteiger partial charge in [0.15, 0.2) is 11.6 Å². The average Bonchev–Trinajstić information content (AvgIpc) is 3.55. The van der Waals surface area contributed by atoms with E-state index in [1.54, 1.807) is 24.5 Å². The van der Waals surface area contributed by atoms with Crippen LogP contribution in [0.4, 0.5) is 0 Å². The van der Waals surface area contributed by atoms with E-state index in [1.165, 1.54) is 21.3 Å². The van der Waals surface area contributed by atoms with Crippen molar-refractivity contribution in [1.29, 1.82) is 0 Å². The van der Waals surface area contributed by atoms with Crippen LogP contribution in [0, 0.1) is 13.8 Å². The third kappa shape index (κ3) is 5.45. The van der Waals surface area contributed by atoms with Gasteiger partial charge in [-0.05, 0) is 49.9 Å². The summed E-state index contributed by atoms with van der Waals surface area (Å²) in [4.78, 5) is 14.3. The molecule has 0 unspecified atom stereocenters. The van der Waals surface area contributed by atoms with Crippen LogP contribution in [0.2, 0.25) is 0 Å². The number of hydrogen-bond donors (Lipinski definition) is 1. The van der Waals surface area contributed by atoms with Gasteiger partial charge >= 0.3 is 0 Å². The Morgan fingerprint density at radius 1 is 1.15 bits per heavy atom. The Bertz CT molecular complexity index is 1260. The first kappa shape index (κ1) is 23.9. The minimum Gasteiger partial charge on any atom is -0.497 e. The van der Waals surface area contributed by atoms with Crippen LogP contribution in [-0.2, 0) is 19.6 Å². The molecule has 178 valence electrons. The molecule has 3 aromatic heterocycles. The van der Waals surface area contributed by atoms with Gasteiger partial charge in [-0.1, -0.05) is 23.9 Å². The lowest BCUT2D eigenvalue weighted by atomic mass is 10.2. The molecule has 4 rings (SSSR count). The molecule has 1 aromatic carbocycles. The van der Waals surface area contributed by atoms with Gasteiger partial charge in [-0.25, -0.2) is 4.68 Å². The van der Waals surface area contributed by atoms with E-state index in [-0.39, 0.29) is 18.1 Å². The molecule has 2 N–H and O–H groups in total. The van der Waals surface area contributed by atoms with Crippen molar-refractivity contribution in [3.8, 4) is 11.5 Å². The zero-order valence-corrected chi connectivity index (χ0v) is 21.0. The summed E-state index contributed by atoms with van der Waals surface area (Å²) >= 11 is 3.02. The van der Waals surface area contributed by atoms with Crippen molar-refractivity contribution < 1.29 is 14.3 Å². The molecule has 8 nitrogen and oxygen atoms in total. The Morgan fingerprint density at radius 2 is 1.97 bits per heavy atom. The van der Waals surface area contributed by atoms with E-state index in [0.29, 0.717) is 22.5 Å². The first-order valence-corrected chi connectivity index (χ1v) is 12.6. The highest BCUT2D eigenvalue weighted by atomic mass is 32.2. The minimum absolute atomic E-state index is 0.0395. The Hall–Kier alpha value is -3.24. The summed E-state index contributed by atoms with van der Waals surface area (Å²) in [6, 6.07) is 13.5. The summed E-state index contributed by atoms with van der Waals surface area (Å²) in [5.74, 6) is 8.21. The molecule has 0 atom stereocenters. The van der Waals surface area contributed by atoms with Crippen LogP contribution in [0.1, 0.15) is 32.4 Å². The van der Waals surface area contributed by atoms with E-state index in [0.717, 1.165) is 29.9 Å². The van der Waals surface area contributed by atoms with Gasteiger partial charge in [-0.3, -0.25) is 4.79 Å². The number of benzene rings is 1. The lowest BCUT2D eigenvalue weighted by Gasteiger charge is -2.09. The zero-order chi connectivity index (χ0) is 24.1. The molecule has 0 saturated carbocycles. The van der Waals surface area contributed by atoms with Crippen LogP contribution < -0.4 is 15.3 Å². The number of ether oxygens (including phenoxy) is 2. The number of rotatable bonds is 11. The first-order valence-electron chi connectivity index (χ1n) is 10.8. The zero-order valence-electron chi connectivity index (χ0n) is 19.4. The second kappa shape index (κ2) is 10.8. The SMILES string of the molecule is COc1cccc(OCc2nnc(SCC(=O)c3cc(C)n(CCc4cccs4)c3C)n2N)c1. The van der Waals surface area contributed by atoms with Crippen molar-refractivity contribution in [3.05, 3.63) is 75.5 Å². The molecule has 0 saturated heterocycles. The van der Waals surface area contributed by atoms with Crippen molar-refractivity contribution in [2.75, 3.05) is 18.7 Å².